The Morgan fingerprint density at radius 3 is 2.53 bits per heavy atom. The average molecular weight is 266 g/mol. The highest BCUT2D eigenvalue weighted by Crippen LogP contribution is 2.18. The smallest absolute Gasteiger partial charge is 0.231 e. The fraction of sp³-hybridized carbons (Fsp3) is 0.750. The van der Waals surface area contributed by atoms with E-state index in [0.29, 0.717) is 17.8 Å². The molecule has 1 aromatic rings. The number of aromatic nitrogens is 3. The Bertz CT molecular complexity index is 407. The van der Waals surface area contributed by atoms with Crippen LogP contribution in [0.25, 0.3) is 0 Å². The van der Waals surface area contributed by atoms with Crippen molar-refractivity contribution in [2.75, 3.05) is 41.8 Å². The highest BCUT2D eigenvalue weighted by atomic mass is 16.3. The Morgan fingerprint density at radius 2 is 1.89 bits per heavy atom. The summed E-state index contributed by atoms with van der Waals surface area (Å²) in [7, 11) is 0. The average Bonchev–Trinajstić information content (AvgIpc) is 2.92. The minimum absolute atomic E-state index is 0.0429. The lowest BCUT2D eigenvalue weighted by Gasteiger charge is -2.18. The van der Waals surface area contributed by atoms with Gasteiger partial charge in [0.15, 0.2) is 0 Å². The van der Waals surface area contributed by atoms with E-state index in [1.807, 2.05) is 13.8 Å². The molecule has 0 spiro atoms. The van der Waals surface area contributed by atoms with Gasteiger partial charge < -0.3 is 20.6 Å². The second-order valence-corrected chi connectivity index (χ2v) is 4.74. The monoisotopic (exact) mass is 266 g/mol. The van der Waals surface area contributed by atoms with Gasteiger partial charge >= 0.3 is 0 Å². The molecule has 0 saturated carbocycles. The van der Waals surface area contributed by atoms with Crippen LogP contribution in [0.2, 0.25) is 0 Å². The molecule has 7 nitrogen and oxygen atoms in total. The molecule has 1 aliphatic rings. The molecule has 0 radical (unpaired) electrons. The molecule has 0 amide bonds. The van der Waals surface area contributed by atoms with Crippen molar-refractivity contribution in [2.45, 2.75) is 32.7 Å². The van der Waals surface area contributed by atoms with E-state index < -0.39 is 0 Å². The van der Waals surface area contributed by atoms with E-state index in [-0.39, 0.29) is 12.6 Å². The largest absolute Gasteiger partial charge is 0.394 e. The fourth-order valence-electron chi connectivity index (χ4n) is 1.99. The molecule has 1 saturated heterocycles. The van der Waals surface area contributed by atoms with Gasteiger partial charge in [0.2, 0.25) is 17.8 Å². The highest BCUT2D eigenvalue weighted by molar-refractivity contribution is 5.44. The molecular weight excluding hydrogens is 244 g/mol. The highest BCUT2D eigenvalue weighted by Gasteiger charge is 2.17. The fourth-order valence-corrected chi connectivity index (χ4v) is 1.99. The van der Waals surface area contributed by atoms with Gasteiger partial charge in [0, 0.05) is 25.7 Å². The Hall–Kier alpha value is -1.63. The second kappa shape index (κ2) is 6.51. The minimum Gasteiger partial charge on any atom is -0.394 e. The Labute approximate surface area is 113 Å². The molecule has 2 heterocycles. The maximum absolute atomic E-state index is 9.09. The van der Waals surface area contributed by atoms with E-state index in [9.17, 15) is 0 Å². The van der Waals surface area contributed by atoms with Crippen molar-refractivity contribution >= 4 is 17.8 Å². The summed E-state index contributed by atoms with van der Waals surface area (Å²) in [4.78, 5) is 15.3. The van der Waals surface area contributed by atoms with Crippen LogP contribution in [0.5, 0.6) is 0 Å². The van der Waals surface area contributed by atoms with E-state index in [2.05, 4.69) is 30.5 Å². The minimum atomic E-state index is -0.0803. The SMILES string of the molecule is CCNc1nc(NC(C)CO)nc(N2CCCC2)n1. The van der Waals surface area contributed by atoms with Gasteiger partial charge in [-0.05, 0) is 26.7 Å². The lowest BCUT2D eigenvalue weighted by atomic mass is 10.4. The molecule has 1 fully saturated rings. The summed E-state index contributed by atoms with van der Waals surface area (Å²) in [6, 6.07) is -0.0803. The summed E-state index contributed by atoms with van der Waals surface area (Å²) >= 11 is 0. The zero-order chi connectivity index (χ0) is 13.7. The van der Waals surface area contributed by atoms with Gasteiger partial charge in [0.25, 0.3) is 0 Å². The van der Waals surface area contributed by atoms with Gasteiger partial charge in [-0.2, -0.15) is 15.0 Å². The van der Waals surface area contributed by atoms with Crippen LogP contribution in [0, 0.1) is 0 Å². The van der Waals surface area contributed by atoms with Crippen LogP contribution in [0.4, 0.5) is 17.8 Å². The molecule has 2 rings (SSSR count). The number of nitrogens with one attached hydrogen (secondary N) is 2. The van der Waals surface area contributed by atoms with Crippen molar-refractivity contribution in [3.05, 3.63) is 0 Å². The normalized spacial score (nSPS) is 16.5. The summed E-state index contributed by atoms with van der Waals surface area (Å²) in [5.41, 5.74) is 0. The maximum atomic E-state index is 9.09. The molecular formula is C12H22N6O. The summed E-state index contributed by atoms with van der Waals surface area (Å²) < 4.78 is 0. The Kier molecular flexibility index (Phi) is 4.73. The molecule has 1 aromatic heterocycles. The number of nitrogens with zero attached hydrogens (tertiary/aromatic N) is 4. The third-order valence-electron chi connectivity index (χ3n) is 3.00. The van der Waals surface area contributed by atoms with Gasteiger partial charge in [-0.3, -0.25) is 0 Å². The van der Waals surface area contributed by atoms with Crippen molar-refractivity contribution in [1.29, 1.82) is 0 Å². The van der Waals surface area contributed by atoms with Crippen LogP contribution in [-0.2, 0) is 0 Å². The molecule has 1 aliphatic heterocycles. The van der Waals surface area contributed by atoms with Gasteiger partial charge in [-0.1, -0.05) is 0 Å². The van der Waals surface area contributed by atoms with Crippen molar-refractivity contribution in [1.82, 2.24) is 15.0 Å². The number of hydrogen-bond acceptors (Lipinski definition) is 7. The van der Waals surface area contributed by atoms with Crippen LogP contribution in [-0.4, -0.2) is 52.3 Å². The Balaban J connectivity index is 2.20. The molecule has 19 heavy (non-hydrogen) atoms. The van der Waals surface area contributed by atoms with Gasteiger partial charge in [-0.25, -0.2) is 0 Å². The quantitative estimate of drug-likeness (QED) is 0.698. The lowest BCUT2D eigenvalue weighted by Crippen LogP contribution is -2.25. The zero-order valence-corrected chi connectivity index (χ0v) is 11.6. The Morgan fingerprint density at radius 1 is 1.21 bits per heavy atom. The molecule has 0 aromatic carbocycles. The maximum Gasteiger partial charge on any atom is 0.231 e. The van der Waals surface area contributed by atoms with Crippen LogP contribution >= 0.6 is 0 Å². The first-order valence-corrected chi connectivity index (χ1v) is 6.85. The number of rotatable bonds is 6. The predicted molar refractivity (Wildman–Crippen MR) is 75.6 cm³/mol. The molecule has 0 aliphatic carbocycles. The predicted octanol–water partition coefficient (Wildman–Crippen LogP) is 0.696. The van der Waals surface area contributed by atoms with Crippen molar-refractivity contribution in [3.63, 3.8) is 0 Å². The van der Waals surface area contributed by atoms with Crippen LogP contribution in [0.15, 0.2) is 0 Å². The number of aliphatic hydroxyl groups is 1. The van der Waals surface area contributed by atoms with Crippen molar-refractivity contribution in [3.8, 4) is 0 Å². The second-order valence-electron chi connectivity index (χ2n) is 4.74. The summed E-state index contributed by atoms with van der Waals surface area (Å²) in [6.45, 7) is 6.67. The number of hydrogen-bond donors (Lipinski definition) is 3. The van der Waals surface area contributed by atoms with E-state index >= 15 is 0 Å². The number of aliphatic hydroxyl groups excluding tert-OH is 1. The molecule has 3 N–H and O–H groups in total. The first-order chi connectivity index (χ1) is 9.22. The molecule has 1 atom stereocenters. The van der Waals surface area contributed by atoms with Crippen LogP contribution in [0.3, 0.4) is 0 Å². The van der Waals surface area contributed by atoms with Gasteiger partial charge in [0.1, 0.15) is 0 Å². The van der Waals surface area contributed by atoms with Crippen LogP contribution < -0.4 is 15.5 Å². The first-order valence-electron chi connectivity index (χ1n) is 6.85. The molecule has 0 bridgehead atoms. The van der Waals surface area contributed by atoms with Gasteiger partial charge in [0.05, 0.1) is 6.61 Å². The van der Waals surface area contributed by atoms with E-state index in [1.165, 1.54) is 12.8 Å². The van der Waals surface area contributed by atoms with E-state index in [1.54, 1.807) is 0 Å². The standard InChI is InChI=1S/C12H22N6O/c1-3-13-10-15-11(14-9(2)8-19)17-12(16-10)18-6-4-5-7-18/h9,19H,3-8H2,1-2H3,(H2,13,14,15,16,17). The van der Waals surface area contributed by atoms with E-state index in [0.717, 1.165) is 19.6 Å². The van der Waals surface area contributed by atoms with E-state index in [4.69, 9.17) is 5.11 Å². The number of anilines is 3. The van der Waals surface area contributed by atoms with Crippen molar-refractivity contribution in [2.24, 2.45) is 0 Å². The summed E-state index contributed by atoms with van der Waals surface area (Å²) in [5.74, 6) is 1.79. The third kappa shape index (κ3) is 3.66. The topological polar surface area (TPSA) is 86.2 Å². The van der Waals surface area contributed by atoms with Crippen LogP contribution in [0.1, 0.15) is 26.7 Å². The zero-order valence-electron chi connectivity index (χ0n) is 11.6. The molecule has 1 unspecified atom stereocenters. The first kappa shape index (κ1) is 13.8. The van der Waals surface area contributed by atoms with Gasteiger partial charge in [-0.15, -0.1) is 0 Å². The summed E-state index contributed by atoms with van der Waals surface area (Å²) in [5, 5.41) is 15.3. The molecule has 7 heteroatoms. The summed E-state index contributed by atoms with van der Waals surface area (Å²) in [6.07, 6.45) is 2.36. The third-order valence-corrected chi connectivity index (χ3v) is 3.00. The lowest BCUT2D eigenvalue weighted by molar-refractivity contribution is 0.281. The molecule has 106 valence electrons. The van der Waals surface area contributed by atoms with Crippen molar-refractivity contribution < 1.29 is 5.11 Å².